The molecule has 2 amide bonds. The summed E-state index contributed by atoms with van der Waals surface area (Å²) in [6.07, 6.45) is 2.85. The Balaban J connectivity index is 1.60. The first-order valence-corrected chi connectivity index (χ1v) is 12.6. The van der Waals surface area contributed by atoms with E-state index in [1.165, 1.54) is 17.2 Å². The van der Waals surface area contributed by atoms with Gasteiger partial charge < -0.3 is 4.74 Å². The van der Waals surface area contributed by atoms with E-state index in [2.05, 4.69) is 10.4 Å². The molecule has 0 bridgehead atoms. The molecule has 1 N–H and O–H groups in total. The minimum Gasteiger partial charge on any atom is -0.497 e. The summed E-state index contributed by atoms with van der Waals surface area (Å²) in [4.78, 5) is 40.9. The molecule has 8 nitrogen and oxygen atoms in total. The number of amides is 2. The highest BCUT2D eigenvalue weighted by Gasteiger charge is 2.35. The van der Waals surface area contributed by atoms with Crippen LogP contribution in [0.1, 0.15) is 15.9 Å². The van der Waals surface area contributed by atoms with E-state index in [1.807, 2.05) is 0 Å². The fourth-order valence-electron chi connectivity index (χ4n) is 3.93. The van der Waals surface area contributed by atoms with Crippen LogP contribution in [0.4, 0.5) is 5.69 Å². The number of carbonyl (C=O) groups excluding carboxylic acids is 3. The van der Waals surface area contributed by atoms with Crippen LogP contribution >= 0.6 is 35.4 Å². The zero-order chi connectivity index (χ0) is 27.7. The van der Waals surface area contributed by atoms with Crippen molar-refractivity contribution < 1.29 is 19.1 Å². The number of hydrogen-bond donors (Lipinski definition) is 1. The smallest absolute Gasteiger partial charge is 0.278 e. The predicted molar refractivity (Wildman–Crippen MR) is 153 cm³/mol. The van der Waals surface area contributed by atoms with Gasteiger partial charge in [-0.3, -0.25) is 24.6 Å². The Bertz CT molecular complexity index is 1650. The van der Waals surface area contributed by atoms with Gasteiger partial charge in [0.2, 0.25) is 0 Å². The molecule has 0 unspecified atom stereocenters. The number of hydrogen-bond acceptors (Lipinski definition) is 6. The van der Waals surface area contributed by atoms with Crippen LogP contribution in [0.2, 0.25) is 10.0 Å². The Morgan fingerprint density at radius 2 is 1.56 bits per heavy atom. The van der Waals surface area contributed by atoms with E-state index in [1.54, 1.807) is 79.9 Å². The molecule has 11 heteroatoms. The molecule has 1 aliphatic heterocycles. The summed E-state index contributed by atoms with van der Waals surface area (Å²) in [7, 11) is 1.55. The number of nitrogens with zero attached hydrogens (tertiary/aromatic N) is 3. The van der Waals surface area contributed by atoms with Crippen LogP contribution in [0, 0.1) is 0 Å². The molecule has 0 radical (unpaired) electrons. The normalized spacial score (nSPS) is 14.5. The standard InChI is InChI=1S/C28H18Cl2N4O4S/c1-38-22-12-4-16(5-13-22)24-18(15-33(32-24)26(36)17-2-6-19(29)7-3-17)14-23-25(35)31-28(39)34(27(23)37)21-10-8-20(30)9-11-21/h2-15H,1H3,(H,31,35,39). The van der Waals surface area contributed by atoms with Gasteiger partial charge in [0.15, 0.2) is 5.11 Å². The number of methoxy groups -OCH3 is 1. The minimum atomic E-state index is -0.673. The maximum absolute atomic E-state index is 13.5. The van der Waals surface area contributed by atoms with Crippen LogP contribution in [-0.4, -0.2) is 39.7 Å². The number of carbonyl (C=O) groups is 3. The maximum Gasteiger partial charge on any atom is 0.278 e. The number of ether oxygens (including phenoxy) is 1. The lowest BCUT2D eigenvalue weighted by molar-refractivity contribution is -0.122. The van der Waals surface area contributed by atoms with Crippen LogP contribution in [0.5, 0.6) is 5.75 Å². The highest BCUT2D eigenvalue weighted by molar-refractivity contribution is 7.80. The molecule has 1 aromatic heterocycles. The zero-order valence-electron chi connectivity index (χ0n) is 20.2. The Morgan fingerprint density at radius 1 is 0.949 bits per heavy atom. The molecule has 2 heterocycles. The van der Waals surface area contributed by atoms with Crippen molar-refractivity contribution in [3.8, 4) is 17.0 Å². The number of rotatable bonds is 5. The largest absolute Gasteiger partial charge is 0.497 e. The minimum absolute atomic E-state index is 0.0616. The van der Waals surface area contributed by atoms with Gasteiger partial charge in [0.25, 0.3) is 17.7 Å². The van der Waals surface area contributed by atoms with Crippen molar-refractivity contribution in [2.45, 2.75) is 0 Å². The Morgan fingerprint density at radius 3 is 2.18 bits per heavy atom. The molecule has 1 aliphatic rings. The lowest BCUT2D eigenvalue weighted by Gasteiger charge is -2.28. The summed E-state index contributed by atoms with van der Waals surface area (Å²) < 4.78 is 6.40. The van der Waals surface area contributed by atoms with E-state index in [0.717, 1.165) is 4.68 Å². The summed E-state index contributed by atoms with van der Waals surface area (Å²) in [5.41, 5.74) is 1.98. The summed E-state index contributed by atoms with van der Waals surface area (Å²) in [6.45, 7) is 0. The number of thiocarbonyl (C=S) groups is 1. The van der Waals surface area contributed by atoms with Gasteiger partial charge in [0.05, 0.1) is 12.8 Å². The summed E-state index contributed by atoms with van der Waals surface area (Å²) >= 11 is 17.2. The first kappa shape index (κ1) is 26.3. The van der Waals surface area contributed by atoms with E-state index in [0.29, 0.717) is 43.9 Å². The van der Waals surface area contributed by atoms with E-state index in [-0.39, 0.29) is 10.7 Å². The van der Waals surface area contributed by atoms with E-state index >= 15 is 0 Å². The highest BCUT2D eigenvalue weighted by atomic mass is 35.5. The molecule has 194 valence electrons. The molecular weight excluding hydrogens is 559 g/mol. The Labute approximate surface area is 238 Å². The average molecular weight is 577 g/mol. The van der Waals surface area contributed by atoms with Crippen molar-refractivity contribution in [2.24, 2.45) is 0 Å². The molecule has 1 saturated heterocycles. The zero-order valence-corrected chi connectivity index (χ0v) is 22.6. The lowest BCUT2D eigenvalue weighted by Crippen LogP contribution is -2.54. The maximum atomic E-state index is 13.5. The third-order valence-electron chi connectivity index (χ3n) is 5.89. The third kappa shape index (κ3) is 5.33. The number of halogens is 2. The first-order valence-electron chi connectivity index (χ1n) is 11.5. The average Bonchev–Trinajstić information content (AvgIpc) is 3.36. The third-order valence-corrected chi connectivity index (χ3v) is 6.68. The van der Waals surface area contributed by atoms with Gasteiger partial charge in [-0.05, 0) is 91.1 Å². The quantitative estimate of drug-likeness (QED) is 0.194. The summed E-state index contributed by atoms with van der Waals surface area (Å²) in [6, 6.07) is 19.8. The SMILES string of the molecule is COc1ccc(-c2nn(C(=O)c3ccc(Cl)cc3)cc2C=C2C(=O)NC(=S)N(c3ccc(Cl)cc3)C2=O)cc1. The van der Waals surface area contributed by atoms with E-state index in [4.69, 9.17) is 40.2 Å². The van der Waals surface area contributed by atoms with Crippen molar-refractivity contribution in [3.63, 3.8) is 0 Å². The molecule has 0 aliphatic carbocycles. The fourth-order valence-corrected chi connectivity index (χ4v) is 4.47. The second-order valence-corrected chi connectivity index (χ2v) is 9.61. The van der Waals surface area contributed by atoms with Gasteiger partial charge in [-0.2, -0.15) is 5.10 Å². The van der Waals surface area contributed by atoms with Gasteiger partial charge in [0.1, 0.15) is 17.0 Å². The second kappa shape index (κ2) is 10.8. The van der Waals surface area contributed by atoms with Gasteiger partial charge in [-0.1, -0.05) is 23.2 Å². The van der Waals surface area contributed by atoms with Crippen LogP contribution < -0.4 is 15.0 Å². The number of nitrogens with one attached hydrogen (secondary N) is 1. The van der Waals surface area contributed by atoms with Crippen molar-refractivity contribution in [1.82, 2.24) is 15.1 Å². The predicted octanol–water partition coefficient (Wildman–Crippen LogP) is 5.39. The second-order valence-electron chi connectivity index (χ2n) is 8.35. The summed E-state index contributed by atoms with van der Waals surface area (Å²) in [5, 5.41) is 7.96. The molecular formula is C28H18Cl2N4O4S. The van der Waals surface area contributed by atoms with Crippen LogP contribution in [-0.2, 0) is 9.59 Å². The monoisotopic (exact) mass is 576 g/mol. The molecule has 3 aromatic carbocycles. The van der Waals surface area contributed by atoms with E-state index < -0.39 is 17.7 Å². The Kier molecular flexibility index (Phi) is 7.30. The van der Waals surface area contributed by atoms with Crippen LogP contribution in [0.15, 0.2) is 84.6 Å². The van der Waals surface area contributed by atoms with Crippen LogP contribution in [0.3, 0.4) is 0 Å². The van der Waals surface area contributed by atoms with Gasteiger partial charge in [0, 0.05) is 32.9 Å². The lowest BCUT2D eigenvalue weighted by atomic mass is 10.0. The molecule has 0 atom stereocenters. The number of benzene rings is 3. The van der Waals surface area contributed by atoms with E-state index in [9.17, 15) is 14.4 Å². The molecule has 0 spiro atoms. The Hall–Kier alpha value is -4.31. The molecule has 1 fully saturated rings. The van der Waals surface area contributed by atoms with Gasteiger partial charge in [-0.25, -0.2) is 4.68 Å². The first-order chi connectivity index (χ1) is 18.7. The molecule has 0 saturated carbocycles. The fraction of sp³-hybridized carbons (Fsp3) is 0.0357. The molecule has 5 rings (SSSR count). The van der Waals surface area contributed by atoms with Gasteiger partial charge in [-0.15, -0.1) is 0 Å². The number of anilines is 1. The topological polar surface area (TPSA) is 93.5 Å². The van der Waals surface area contributed by atoms with Crippen LogP contribution in [0.25, 0.3) is 17.3 Å². The van der Waals surface area contributed by atoms with Crippen molar-refractivity contribution in [1.29, 1.82) is 0 Å². The van der Waals surface area contributed by atoms with Crippen molar-refractivity contribution >= 4 is 70.0 Å². The molecule has 4 aromatic rings. The van der Waals surface area contributed by atoms with Crippen molar-refractivity contribution in [3.05, 3.63) is 106 Å². The van der Waals surface area contributed by atoms with Crippen molar-refractivity contribution in [2.75, 3.05) is 12.0 Å². The summed E-state index contributed by atoms with van der Waals surface area (Å²) in [5.74, 6) is -1.10. The number of aromatic nitrogens is 2. The molecule has 39 heavy (non-hydrogen) atoms. The highest BCUT2D eigenvalue weighted by Crippen LogP contribution is 2.29. The van der Waals surface area contributed by atoms with Gasteiger partial charge >= 0.3 is 0 Å².